The molecule has 0 aliphatic carbocycles. The molecule has 0 radical (unpaired) electrons. The van der Waals surface area contributed by atoms with Gasteiger partial charge in [0.05, 0.1) is 12.7 Å². The van der Waals surface area contributed by atoms with Crippen LogP contribution in [-0.2, 0) is 17.9 Å². The van der Waals surface area contributed by atoms with Gasteiger partial charge in [0.25, 0.3) is 0 Å². The molecule has 0 unspecified atom stereocenters. The zero-order chi connectivity index (χ0) is 14.3. The zero-order valence-electron chi connectivity index (χ0n) is 12.3. The van der Waals surface area contributed by atoms with Gasteiger partial charge in [-0.3, -0.25) is 9.88 Å². The average molecular weight is 282 g/mol. The number of rotatable bonds is 5. The van der Waals surface area contributed by atoms with E-state index in [1.165, 1.54) is 11.1 Å². The molecule has 21 heavy (non-hydrogen) atoms. The van der Waals surface area contributed by atoms with Gasteiger partial charge in [0, 0.05) is 32.0 Å². The van der Waals surface area contributed by atoms with Crippen LogP contribution in [0.4, 0.5) is 0 Å². The number of likely N-dealkylation sites (tertiary alicyclic amines) is 1. The van der Waals surface area contributed by atoms with Crippen molar-refractivity contribution >= 4 is 0 Å². The molecule has 3 heteroatoms. The number of hydrogen-bond donors (Lipinski definition) is 0. The Morgan fingerprint density at radius 3 is 2.48 bits per heavy atom. The van der Waals surface area contributed by atoms with Gasteiger partial charge in [-0.25, -0.2) is 0 Å². The molecule has 0 bridgehead atoms. The van der Waals surface area contributed by atoms with Gasteiger partial charge in [-0.1, -0.05) is 36.4 Å². The van der Waals surface area contributed by atoms with E-state index in [1.807, 2.05) is 24.5 Å². The van der Waals surface area contributed by atoms with Gasteiger partial charge in [-0.15, -0.1) is 0 Å². The van der Waals surface area contributed by atoms with Crippen LogP contribution >= 0.6 is 0 Å². The van der Waals surface area contributed by atoms with E-state index < -0.39 is 0 Å². The van der Waals surface area contributed by atoms with Crippen molar-refractivity contribution < 1.29 is 4.74 Å². The van der Waals surface area contributed by atoms with Crippen LogP contribution in [0.15, 0.2) is 54.9 Å². The predicted octanol–water partition coefficient (Wildman–Crippen LogP) is 3.26. The fourth-order valence-corrected chi connectivity index (χ4v) is 2.77. The number of hydrogen-bond acceptors (Lipinski definition) is 3. The Morgan fingerprint density at radius 2 is 1.76 bits per heavy atom. The Kier molecular flexibility index (Phi) is 4.98. The summed E-state index contributed by atoms with van der Waals surface area (Å²) in [5, 5.41) is 0. The van der Waals surface area contributed by atoms with Crippen molar-refractivity contribution in [3.05, 3.63) is 66.0 Å². The molecule has 1 aromatic heterocycles. The molecule has 0 saturated carbocycles. The quantitative estimate of drug-likeness (QED) is 0.841. The van der Waals surface area contributed by atoms with Gasteiger partial charge in [-0.2, -0.15) is 0 Å². The third-order valence-corrected chi connectivity index (χ3v) is 3.99. The van der Waals surface area contributed by atoms with Crippen molar-refractivity contribution in [1.29, 1.82) is 0 Å². The summed E-state index contributed by atoms with van der Waals surface area (Å²) in [4.78, 5) is 6.66. The standard InChI is InChI=1S/C18H22N2O/c1-2-5-16(6-3-1)15-21-18-8-11-20(12-9-18)14-17-7-4-10-19-13-17/h1-7,10,13,18H,8-9,11-12,14-15H2. The van der Waals surface area contributed by atoms with Gasteiger partial charge >= 0.3 is 0 Å². The largest absolute Gasteiger partial charge is 0.373 e. The minimum Gasteiger partial charge on any atom is -0.373 e. The second-order valence-corrected chi connectivity index (χ2v) is 5.63. The summed E-state index contributed by atoms with van der Waals surface area (Å²) in [6, 6.07) is 14.6. The lowest BCUT2D eigenvalue weighted by atomic mass is 10.1. The fourth-order valence-electron chi connectivity index (χ4n) is 2.77. The SMILES string of the molecule is c1ccc(COC2CCN(Cc3cccnc3)CC2)cc1. The summed E-state index contributed by atoms with van der Waals surface area (Å²) >= 11 is 0. The van der Waals surface area contributed by atoms with E-state index in [0.29, 0.717) is 6.10 Å². The van der Waals surface area contributed by atoms with E-state index in [-0.39, 0.29) is 0 Å². The number of aromatic nitrogens is 1. The lowest BCUT2D eigenvalue weighted by molar-refractivity contribution is -0.00395. The van der Waals surface area contributed by atoms with Gasteiger partial charge in [0.15, 0.2) is 0 Å². The normalized spacial score (nSPS) is 17.0. The number of nitrogens with zero attached hydrogens (tertiary/aromatic N) is 2. The van der Waals surface area contributed by atoms with Crippen molar-refractivity contribution in [1.82, 2.24) is 9.88 Å². The first-order valence-electron chi connectivity index (χ1n) is 7.67. The molecule has 2 heterocycles. The highest BCUT2D eigenvalue weighted by atomic mass is 16.5. The molecule has 0 N–H and O–H groups in total. The monoisotopic (exact) mass is 282 g/mol. The van der Waals surface area contributed by atoms with Crippen LogP contribution in [0, 0.1) is 0 Å². The molecule has 1 saturated heterocycles. The lowest BCUT2D eigenvalue weighted by Crippen LogP contribution is -2.36. The lowest BCUT2D eigenvalue weighted by Gasteiger charge is -2.31. The van der Waals surface area contributed by atoms with Crippen LogP contribution in [0.25, 0.3) is 0 Å². The minimum atomic E-state index is 0.398. The number of pyridine rings is 1. The highest BCUT2D eigenvalue weighted by Gasteiger charge is 2.19. The molecular weight excluding hydrogens is 260 g/mol. The minimum absolute atomic E-state index is 0.398. The molecule has 0 spiro atoms. The van der Waals surface area contributed by atoms with E-state index in [0.717, 1.165) is 39.1 Å². The molecule has 1 aliphatic rings. The smallest absolute Gasteiger partial charge is 0.0720 e. The van der Waals surface area contributed by atoms with Crippen molar-refractivity contribution in [2.45, 2.75) is 32.1 Å². The zero-order valence-corrected chi connectivity index (χ0v) is 12.3. The number of ether oxygens (including phenoxy) is 1. The first-order valence-corrected chi connectivity index (χ1v) is 7.67. The highest BCUT2D eigenvalue weighted by molar-refractivity contribution is 5.13. The van der Waals surface area contributed by atoms with Crippen LogP contribution < -0.4 is 0 Å². The van der Waals surface area contributed by atoms with Gasteiger partial charge in [0.2, 0.25) is 0 Å². The van der Waals surface area contributed by atoms with Crippen molar-refractivity contribution in [2.24, 2.45) is 0 Å². The maximum absolute atomic E-state index is 6.03. The molecule has 1 aromatic carbocycles. The Balaban J connectivity index is 1.41. The first kappa shape index (κ1) is 14.2. The Labute approximate surface area is 126 Å². The van der Waals surface area contributed by atoms with E-state index in [9.17, 15) is 0 Å². The second-order valence-electron chi connectivity index (χ2n) is 5.63. The Bertz CT molecular complexity index is 521. The first-order chi connectivity index (χ1) is 10.4. The summed E-state index contributed by atoms with van der Waals surface area (Å²) in [6.07, 6.45) is 6.42. The maximum atomic E-state index is 6.03. The molecule has 0 amide bonds. The summed E-state index contributed by atoms with van der Waals surface area (Å²) in [6.45, 7) is 3.94. The van der Waals surface area contributed by atoms with E-state index >= 15 is 0 Å². The van der Waals surface area contributed by atoms with E-state index in [1.54, 1.807) is 0 Å². The number of piperidine rings is 1. The summed E-state index contributed by atoms with van der Waals surface area (Å²) < 4.78 is 6.03. The van der Waals surface area contributed by atoms with Crippen molar-refractivity contribution in [3.63, 3.8) is 0 Å². The van der Waals surface area contributed by atoms with Crippen LogP contribution in [0.1, 0.15) is 24.0 Å². The molecule has 3 nitrogen and oxygen atoms in total. The van der Waals surface area contributed by atoms with E-state index in [2.05, 4.69) is 40.2 Å². The van der Waals surface area contributed by atoms with Crippen LogP contribution in [0.5, 0.6) is 0 Å². The van der Waals surface area contributed by atoms with Gasteiger partial charge in [0.1, 0.15) is 0 Å². The summed E-state index contributed by atoms with van der Waals surface area (Å²) in [7, 11) is 0. The Morgan fingerprint density at radius 1 is 1.00 bits per heavy atom. The average Bonchev–Trinajstić information content (AvgIpc) is 2.56. The number of benzene rings is 1. The van der Waals surface area contributed by atoms with Crippen molar-refractivity contribution in [3.8, 4) is 0 Å². The molecule has 1 fully saturated rings. The van der Waals surface area contributed by atoms with Gasteiger partial charge in [-0.05, 0) is 30.0 Å². The predicted molar refractivity (Wildman–Crippen MR) is 83.8 cm³/mol. The summed E-state index contributed by atoms with van der Waals surface area (Å²) in [5.41, 5.74) is 2.55. The van der Waals surface area contributed by atoms with Gasteiger partial charge < -0.3 is 4.74 Å². The van der Waals surface area contributed by atoms with E-state index in [4.69, 9.17) is 4.74 Å². The second kappa shape index (κ2) is 7.34. The summed E-state index contributed by atoms with van der Waals surface area (Å²) in [5.74, 6) is 0. The molecular formula is C18H22N2O. The molecule has 0 atom stereocenters. The van der Waals surface area contributed by atoms with Crippen LogP contribution in [-0.4, -0.2) is 29.1 Å². The molecule has 3 rings (SSSR count). The fraction of sp³-hybridized carbons (Fsp3) is 0.389. The molecule has 110 valence electrons. The topological polar surface area (TPSA) is 25.4 Å². The molecule has 1 aliphatic heterocycles. The van der Waals surface area contributed by atoms with Crippen LogP contribution in [0.3, 0.4) is 0 Å². The Hall–Kier alpha value is -1.71. The maximum Gasteiger partial charge on any atom is 0.0720 e. The third-order valence-electron chi connectivity index (χ3n) is 3.99. The van der Waals surface area contributed by atoms with Crippen LogP contribution in [0.2, 0.25) is 0 Å². The van der Waals surface area contributed by atoms with Crippen molar-refractivity contribution in [2.75, 3.05) is 13.1 Å². The highest BCUT2D eigenvalue weighted by Crippen LogP contribution is 2.17. The third kappa shape index (κ3) is 4.38. The molecule has 2 aromatic rings.